The van der Waals surface area contributed by atoms with Gasteiger partial charge < -0.3 is 15.5 Å². The average molecular weight is 309 g/mol. The molecule has 4 nitrogen and oxygen atoms in total. The lowest BCUT2D eigenvalue weighted by molar-refractivity contribution is -0.133. The Morgan fingerprint density at radius 1 is 1.18 bits per heavy atom. The van der Waals surface area contributed by atoms with E-state index in [4.69, 9.17) is 5.73 Å². The number of carbonyl (C=O) groups is 1. The Morgan fingerprint density at radius 2 is 1.86 bits per heavy atom. The Kier molecular flexibility index (Phi) is 4.04. The molecule has 1 saturated heterocycles. The van der Waals surface area contributed by atoms with Gasteiger partial charge in [0, 0.05) is 44.2 Å². The number of hydrogen-bond acceptors (Lipinski definition) is 3. The number of rotatable bonds is 3. The Balaban J connectivity index is 1.58. The fraction of sp³-hybridized carbons (Fsp3) is 0.562. The first-order valence-corrected chi connectivity index (χ1v) is 7.74. The third-order valence-corrected chi connectivity index (χ3v) is 4.73. The van der Waals surface area contributed by atoms with E-state index in [1.807, 2.05) is 0 Å². The third-order valence-electron chi connectivity index (χ3n) is 4.73. The highest BCUT2D eigenvalue weighted by Gasteiger charge is 2.36. The molecular weight excluding hydrogens is 288 g/mol. The van der Waals surface area contributed by atoms with Gasteiger partial charge in [0.25, 0.3) is 0 Å². The minimum Gasteiger partial charge on any atom is -0.366 e. The van der Waals surface area contributed by atoms with Crippen molar-refractivity contribution in [2.45, 2.75) is 31.2 Å². The van der Waals surface area contributed by atoms with Crippen LogP contribution in [0.3, 0.4) is 0 Å². The molecule has 0 aromatic heterocycles. The van der Waals surface area contributed by atoms with Gasteiger partial charge in [0.05, 0.1) is 5.69 Å². The summed E-state index contributed by atoms with van der Waals surface area (Å²) in [7, 11) is 0. The Labute approximate surface area is 128 Å². The first kappa shape index (κ1) is 15.2. The fourth-order valence-corrected chi connectivity index (χ4v) is 3.15. The molecule has 1 heterocycles. The molecule has 22 heavy (non-hydrogen) atoms. The van der Waals surface area contributed by atoms with E-state index in [1.165, 1.54) is 6.07 Å². The number of piperazine rings is 1. The van der Waals surface area contributed by atoms with Crippen molar-refractivity contribution >= 4 is 11.6 Å². The summed E-state index contributed by atoms with van der Waals surface area (Å²) in [5.74, 6) is -0.817. The van der Waals surface area contributed by atoms with Gasteiger partial charge in [-0.1, -0.05) is 0 Å². The van der Waals surface area contributed by atoms with Crippen LogP contribution in [0, 0.1) is 11.6 Å². The van der Waals surface area contributed by atoms with Crippen molar-refractivity contribution in [1.29, 1.82) is 0 Å². The smallest absolute Gasteiger partial charge is 0.224 e. The number of hydrogen-bond donors (Lipinski definition) is 1. The van der Waals surface area contributed by atoms with Crippen molar-refractivity contribution in [3.8, 4) is 0 Å². The van der Waals surface area contributed by atoms with E-state index in [-0.39, 0.29) is 17.1 Å². The van der Waals surface area contributed by atoms with E-state index in [1.54, 1.807) is 9.80 Å². The van der Waals surface area contributed by atoms with Gasteiger partial charge in [-0.15, -0.1) is 0 Å². The normalized spacial score (nSPS) is 20.7. The van der Waals surface area contributed by atoms with E-state index in [0.29, 0.717) is 32.6 Å². The highest BCUT2D eigenvalue weighted by molar-refractivity contribution is 5.78. The predicted molar refractivity (Wildman–Crippen MR) is 80.5 cm³/mol. The minimum atomic E-state index is -0.454. The van der Waals surface area contributed by atoms with E-state index in [0.717, 1.165) is 31.4 Å². The molecular formula is C16H21F2N3O. The topological polar surface area (TPSA) is 49.6 Å². The summed E-state index contributed by atoms with van der Waals surface area (Å²) in [5, 5.41) is 0. The molecule has 0 unspecified atom stereocenters. The van der Waals surface area contributed by atoms with Crippen molar-refractivity contribution in [3.63, 3.8) is 0 Å². The van der Waals surface area contributed by atoms with Crippen LogP contribution in [0.15, 0.2) is 18.2 Å². The van der Waals surface area contributed by atoms with Gasteiger partial charge in [0.15, 0.2) is 0 Å². The summed E-state index contributed by atoms with van der Waals surface area (Å²) in [6.45, 7) is 2.04. The number of carbonyl (C=O) groups excluding carboxylic acids is 1. The zero-order chi connectivity index (χ0) is 15.7. The summed E-state index contributed by atoms with van der Waals surface area (Å²) in [6.07, 6.45) is 3.30. The van der Waals surface area contributed by atoms with Gasteiger partial charge in [0.1, 0.15) is 11.6 Å². The van der Waals surface area contributed by atoms with E-state index in [2.05, 4.69) is 0 Å². The number of nitrogens with two attached hydrogens (primary N) is 1. The molecule has 2 N–H and O–H groups in total. The molecule has 3 rings (SSSR count). The zero-order valence-corrected chi connectivity index (χ0v) is 12.5. The number of benzene rings is 1. The lowest BCUT2D eigenvalue weighted by Crippen LogP contribution is -2.54. The van der Waals surface area contributed by atoms with Crippen LogP contribution >= 0.6 is 0 Å². The summed E-state index contributed by atoms with van der Waals surface area (Å²) in [6, 6.07) is 3.45. The maximum atomic E-state index is 13.8. The predicted octanol–water partition coefficient (Wildman–Crippen LogP) is 1.88. The fourth-order valence-electron chi connectivity index (χ4n) is 3.15. The molecule has 120 valence electrons. The van der Waals surface area contributed by atoms with E-state index < -0.39 is 11.6 Å². The maximum Gasteiger partial charge on any atom is 0.224 e. The first-order valence-electron chi connectivity index (χ1n) is 7.74. The molecule has 2 aliphatic rings. The molecule has 1 aromatic carbocycles. The van der Waals surface area contributed by atoms with Crippen LogP contribution in [0.5, 0.6) is 0 Å². The summed E-state index contributed by atoms with van der Waals surface area (Å²) >= 11 is 0. The molecule has 0 bridgehead atoms. The number of amides is 1. The second kappa shape index (κ2) is 5.83. The molecule has 2 fully saturated rings. The molecule has 1 aliphatic heterocycles. The van der Waals surface area contributed by atoms with Gasteiger partial charge >= 0.3 is 0 Å². The molecule has 0 radical (unpaired) electrons. The average Bonchev–Trinajstić information content (AvgIpc) is 2.48. The van der Waals surface area contributed by atoms with Crippen LogP contribution in [0.25, 0.3) is 0 Å². The van der Waals surface area contributed by atoms with Gasteiger partial charge in [-0.25, -0.2) is 8.78 Å². The molecule has 0 atom stereocenters. The largest absolute Gasteiger partial charge is 0.366 e. The summed E-state index contributed by atoms with van der Waals surface area (Å²) in [4.78, 5) is 15.8. The van der Waals surface area contributed by atoms with Crippen LogP contribution < -0.4 is 10.6 Å². The minimum absolute atomic E-state index is 0.0709. The monoisotopic (exact) mass is 309 g/mol. The SMILES string of the molecule is NC1(CC(=O)N2CCN(c3cc(F)ccc3F)CC2)CCC1. The Hall–Kier alpha value is -1.69. The lowest BCUT2D eigenvalue weighted by Gasteiger charge is -2.41. The highest BCUT2D eigenvalue weighted by Crippen LogP contribution is 2.32. The number of nitrogens with zero attached hydrogens (tertiary/aromatic N) is 2. The van der Waals surface area contributed by atoms with Crippen LogP contribution in [0.1, 0.15) is 25.7 Å². The first-order chi connectivity index (χ1) is 10.5. The summed E-state index contributed by atoms with van der Waals surface area (Å²) in [5.41, 5.74) is 6.06. The second-order valence-corrected chi connectivity index (χ2v) is 6.36. The number of anilines is 1. The van der Waals surface area contributed by atoms with Crippen molar-refractivity contribution in [2.24, 2.45) is 5.73 Å². The van der Waals surface area contributed by atoms with Crippen molar-refractivity contribution in [2.75, 3.05) is 31.1 Å². The Bertz CT molecular complexity index is 567. The number of halogens is 2. The van der Waals surface area contributed by atoms with Gasteiger partial charge in [-0.05, 0) is 31.4 Å². The van der Waals surface area contributed by atoms with E-state index in [9.17, 15) is 13.6 Å². The molecule has 1 amide bonds. The van der Waals surface area contributed by atoms with Crippen molar-refractivity contribution in [3.05, 3.63) is 29.8 Å². The van der Waals surface area contributed by atoms with Crippen LogP contribution in [0.4, 0.5) is 14.5 Å². The second-order valence-electron chi connectivity index (χ2n) is 6.36. The summed E-state index contributed by atoms with van der Waals surface area (Å²) < 4.78 is 27.0. The van der Waals surface area contributed by atoms with Gasteiger partial charge in [0.2, 0.25) is 5.91 Å². The van der Waals surface area contributed by atoms with Crippen molar-refractivity contribution in [1.82, 2.24) is 4.90 Å². The van der Waals surface area contributed by atoms with Crippen LogP contribution in [-0.4, -0.2) is 42.5 Å². The highest BCUT2D eigenvalue weighted by atomic mass is 19.1. The van der Waals surface area contributed by atoms with Crippen LogP contribution in [-0.2, 0) is 4.79 Å². The third kappa shape index (κ3) is 3.06. The molecule has 1 saturated carbocycles. The molecule has 1 aliphatic carbocycles. The van der Waals surface area contributed by atoms with Gasteiger partial charge in [-0.2, -0.15) is 0 Å². The lowest BCUT2D eigenvalue weighted by atomic mass is 9.75. The standard InChI is InChI=1S/C16H21F2N3O/c17-12-2-3-13(18)14(10-12)20-6-8-21(9-7-20)15(22)11-16(19)4-1-5-16/h2-3,10H,1,4-9,11,19H2. The molecule has 1 aromatic rings. The van der Waals surface area contributed by atoms with Crippen LogP contribution in [0.2, 0.25) is 0 Å². The van der Waals surface area contributed by atoms with E-state index >= 15 is 0 Å². The zero-order valence-electron chi connectivity index (χ0n) is 12.5. The van der Waals surface area contributed by atoms with Crippen molar-refractivity contribution < 1.29 is 13.6 Å². The Morgan fingerprint density at radius 3 is 2.45 bits per heavy atom. The quantitative estimate of drug-likeness (QED) is 0.927. The molecule has 0 spiro atoms. The van der Waals surface area contributed by atoms with Gasteiger partial charge in [-0.3, -0.25) is 4.79 Å². The molecule has 6 heteroatoms. The maximum absolute atomic E-state index is 13.8.